The minimum atomic E-state index is -0.226. The standard InChI is InChI=1S/C26H25N7O2/c1-17-23-19(18-8-4-2-5-9-18)12-13-27-26(23)33(29-17)16-22(34)28-20-10-11-21(25-24(20)30-35-31-25)32-14-6-3-7-15-32/h2,4-5,8-13H,3,6-7,14-16H2,1H3,(H,28,34). The minimum Gasteiger partial charge on any atom is -0.370 e. The second-order valence-corrected chi connectivity index (χ2v) is 8.86. The Kier molecular flexibility index (Phi) is 5.36. The fraction of sp³-hybridized carbons (Fsp3) is 0.269. The van der Waals surface area contributed by atoms with Gasteiger partial charge in [0, 0.05) is 24.7 Å². The van der Waals surface area contributed by atoms with Crippen LogP contribution in [-0.2, 0) is 11.3 Å². The van der Waals surface area contributed by atoms with E-state index in [9.17, 15) is 4.79 Å². The summed E-state index contributed by atoms with van der Waals surface area (Å²) in [6.45, 7) is 3.93. The van der Waals surface area contributed by atoms with Crippen molar-refractivity contribution in [3.63, 3.8) is 0 Å². The number of aryl methyl sites for hydroxylation is 1. The van der Waals surface area contributed by atoms with Gasteiger partial charge in [-0.05, 0) is 65.8 Å². The Morgan fingerprint density at radius 1 is 1.00 bits per heavy atom. The van der Waals surface area contributed by atoms with Crippen LogP contribution in [0.15, 0.2) is 59.4 Å². The highest BCUT2D eigenvalue weighted by molar-refractivity contribution is 6.03. The molecule has 0 unspecified atom stereocenters. The second kappa shape index (κ2) is 8.83. The van der Waals surface area contributed by atoms with E-state index in [1.54, 1.807) is 10.9 Å². The van der Waals surface area contributed by atoms with Crippen molar-refractivity contribution in [1.82, 2.24) is 25.1 Å². The van der Waals surface area contributed by atoms with Crippen LogP contribution in [0.2, 0.25) is 0 Å². The summed E-state index contributed by atoms with van der Waals surface area (Å²) < 4.78 is 6.69. The summed E-state index contributed by atoms with van der Waals surface area (Å²) >= 11 is 0. The summed E-state index contributed by atoms with van der Waals surface area (Å²) in [4.78, 5) is 19.9. The van der Waals surface area contributed by atoms with Crippen LogP contribution in [0, 0.1) is 6.92 Å². The van der Waals surface area contributed by atoms with Gasteiger partial charge < -0.3 is 10.2 Å². The molecular weight excluding hydrogens is 442 g/mol. The van der Waals surface area contributed by atoms with Crippen LogP contribution in [0.5, 0.6) is 0 Å². The van der Waals surface area contributed by atoms with Crippen molar-refractivity contribution in [1.29, 1.82) is 0 Å². The fourth-order valence-electron chi connectivity index (χ4n) is 4.92. The molecule has 2 aromatic carbocycles. The van der Waals surface area contributed by atoms with Gasteiger partial charge in [-0.25, -0.2) is 14.3 Å². The fourth-order valence-corrected chi connectivity index (χ4v) is 4.92. The highest BCUT2D eigenvalue weighted by atomic mass is 16.6. The lowest BCUT2D eigenvalue weighted by molar-refractivity contribution is -0.116. The molecule has 35 heavy (non-hydrogen) atoms. The number of fused-ring (bicyclic) bond motifs is 2. The molecule has 1 saturated heterocycles. The predicted octanol–water partition coefficient (Wildman–Crippen LogP) is 4.57. The summed E-state index contributed by atoms with van der Waals surface area (Å²) in [5.41, 5.74) is 6.40. The van der Waals surface area contributed by atoms with E-state index in [-0.39, 0.29) is 12.5 Å². The van der Waals surface area contributed by atoms with Gasteiger partial charge in [-0.1, -0.05) is 30.3 Å². The molecule has 0 aliphatic carbocycles. The molecule has 0 spiro atoms. The second-order valence-electron chi connectivity index (χ2n) is 8.86. The number of nitrogens with one attached hydrogen (secondary N) is 1. The first-order valence-electron chi connectivity index (χ1n) is 11.9. The Bertz CT molecular complexity index is 1520. The molecule has 1 N–H and O–H groups in total. The lowest BCUT2D eigenvalue weighted by Gasteiger charge is -2.28. The number of piperidine rings is 1. The Morgan fingerprint density at radius 2 is 1.80 bits per heavy atom. The van der Waals surface area contributed by atoms with Gasteiger partial charge in [0.25, 0.3) is 0 Å². The third-order valence-corrected chi connectivity index (χ3v) is 6.55. The average Bonchev–Trinajstić information content (AvgIpc) is 3.51. The third-order valence-electron chi connectivity index (χ3n) is 6.55. The van der Waals surface area contributed by atoms with Gasteiger partial charge in [0.05, 0.1) is 17.1 Å². The van der Waals surface area contributed by atoms with Gasteiger partial charge in [0.2, 0.25) is 5.91 Å². The predicted molar refractivity (Wildman–Crippen MR) is 134 cm³/mol. The van der Waals surface area contributed by atoms with Crippen LogP contribution >= 0.6 is 0 Å². The lowest BCUT2D eigenvalue weighted by Crippen LogP contribution is -2.29. The van der Waals surface area contributed by atoms with E-state index in [0.717, 1.165) is 53.8 Å². The van der Waals surface area contributed by atoms with E-state index in [0.29, 0.717) is 22.4 Å². The Balaban J connectivity index is 1.28. The number of amides is 1. The van der Waals surface area contributed by atoms with E-state index in [1.807, 2.05) is 43.3 Å². The Labute approximate surface area is 201 Å². The molecule has 1 aliphatic rings. The number of anilines is 2. The molecule has 6 rings (SSSR count). The molecule has 1 aliphatic heterocycles. The molecule has 9 nitrogen and oxygen atoms in total. The van der Waals surface area contributed by atoms with Crippen LogP contribution in [-0.4, -0.2) is 44.1 Å². The first kappa shape index (κ1) is 21.3. The van der Waals surface area contributed by atoms with Crippen molar-refractivity contribution in [2.75, 3.05) is 23.3 Å². The quantitative estimate of drug-likeness (QED) is 0.404. The molecule has 176 valence electrons. The Hall–Kier alpha value is -4.27. The molecule has 3 aromatic heterocycles. The van der Waals surface area contributed by atoms with Crippen LogP contribution in [0.1, 0.15) is 25.0 Å². The first-order chi connectivity index (χ1) is 17.2. The van der Waals surface area contributed by atoms with Crippen molar-refractivity contribution in [2.45, 2.75) is 32.7 Å². The maximum absolute atomic E-state index is 13.1. The average molecular weight is 468 g/mol. The summed E-state index contributed by atoms with van der Waals surface area (Å²) in [6.07, 6.45) is 5.31. The van der Waals surface area contributed by atoms with Crippen LogP contribution in [0.25, 0.3) is 33.2 Å². The largest absolute Gasteiger partial charge is 0.370 e. The monoisotopic (exact) mass is 467 g/mol. The van der Waals surface area contributed by atoms with E-state index in [2.05, 4.69) is 42.7 Å². The van der Waals surface area contributed by atoms with E-state index >= 15 is 0 Å². The maximum Gasteiger partial charge on any atom is 0.246 e. The maximum atomic E-state index is 13.1. The number of carbonyl (C=O) groups is 1. The molecule has 0 atom stereocenters. The molecule has 0 radical (unpaired) electrons. The molecule has 0 bridgehead atoms. The van der Waals surface area contributed by atoms with Crippen LogP contribution in [0.3, 0.4) is 0 Å². The van der Waals surface area contributed by atoms with Gasteiger partial charge in [-0.15, -0.1) is 0 Å². The van der Waals surface area contributed by atoms with Crippen molar-refractivity contribution in [2.24, 2.45) is 0 Å². The molecule has 1 fully saturated rings. The number of hydrogen-bond acceptors (Lipinski definition) is 7. The van der Waals surface area contributed by atoms with Crippen LogP contribution < -0.4 is 10.2 Å². The number of rotatable bonds is 5. The van der Waals surface area contributed by atoms with Gasteiger partial charge in [-0.2, -0.15) is 5.10 Å². The van der Waals surface area contributed by atoms with Gasteiger partial charge in [-0.3, -0.25) is 4.79 Å². The van der Waals surface area contributed by atoms with Crippen molar-refractivity contribution >= 4 is 39.3 Å². The number of benzene rings is 2. The van der Waals surface area contributed by atoms with Crippen molar-refractivity contribution in [3.05, 3.63) is 60.4 Å². The summed E-state index contributed by atoms with van der Waals surface area (Å²) in [5, 5.41) is 16.7. The summed E-state index contributed by atoms with van der Waals surface area (Å²) in [5.74, 6) is -0.226. The van der Waals surface area contributed by atoms with Crippen LogP contribution in [0.4, 0.5) is 11.4 Å². The molecule has 4 heterocycles. The third kappa shape index (κ3) is 3.88. The van der Waals surface area contributed by atoms with Gasteiger partial charge in [0.15, 0.2) is 16.7 Å². The SMILES string of the molecule is Cc1nn(CC(=O)Nc2ccc(N3CCCCC3)c3nonc23)c2nccc(-c3ccccc3)c12. The molecule has 1 amide bonds. The highest BCUT2D eigenvalue weighted by Gasteiger charge is 2.20. The molecule has 5 aromatic rings. The van der Waals surface area contributed by atoms with Crippen molar-refractivity contribution in [3.8, 4) is 11.1 Å². The zero-order valence-electron chi connectivity index (χ0n) is 19.4. The molecule has 0 saturated carbocycles. The van der Waals surface area contributed by atoms with E-state index < -0.39 is 0 Å². The highest BCUT2D eigenvalue weighted by Crippen LogP contribution is 2.32. The number of hydrogen-bond donors (Lipinski definition) is 1. The zero-order valence-corrected chi connectivity index (χ0v) is 19.4. The molecule has 9 heteroatoms. The molecular formula is C26H25N7O2. The number of pyridine rings is 1. The first-order valence-corrected chi connectivity index (χ1v) is 11.9. The summed E-state index contributed by atoms with van der Waals surface area (Å²) in [7, 11) is 0. The smallest absolute Gasteiger partial charge is 0.246 e. The normalized spacial score (nSPS) is 14.0. The van der Waals surface area contributed by atoms with Crippen molar-refractivity contribution < 1.29 is 9.42 Å². The zero-order chi connectivity index (χ0) is 23.8. The Morgan fingerprint density at radius 3 is 2.63 bits per heavy atom. The number of nitrogens with zero attached hydrogens (tertiary/aromatic N) is 6. The lowest BCUT2D eigenvalue weighted by atomic mass is 10.0. The van der Waals surface area contributed by atoms with E-state index in [1.165, 1.54) is 6.42 Å². The minimum absolute atomic E-state index is 0.0240. The number of carbonyl (C=O) groups excluding carboxylic acids is 1. The van der Waals surface area contributed by atoms with Gasteiger partial charge in [0.1, 0.15) is 6.54 Å². The van der Waals surface area contributed by atoms with E-state index in [4.69, 9.17) is 4.63 Å². The topological polar surface area (TPSA) is 102 Å². The summed E-state index contributed by atoms with van der Waals surface area (Å²) in [6, 6.07) is 15.9. The van der Waals surface area contributed by atoms with Gasteiger partial charge >= 0.3 is 0 Å². The number of aromatic nitrogens is 5.